The molecule has 3 rings (SSSR count). The Balaban J connectivity index is 1.57. The minimum absolute atomic E-state index is 0.0862. The van der Waals surface area contributed by atoms with Gasteiger partial charge >= 0.3 is 6.03 Å². The summed E-state index contributed by atoms with van der Waals surface area (Å²) in [7, 11) is 2.00. The van der Waals surface area contributed by atoms with Gasteiger partial charge in [-0.1, -0.05) is 6.07 Å². The summed E-state index contributed by atoms with van der Waals surface area (Å²) >= 11 is 0. The second kappa shape index (κ2) is 7.02. The summed E-state index contributed by atoms with van der Waals surface area (Å²) in [5, 5.41) is 7.01. The molecule has 1 aromatic carbocycles. The fourth-order valence-corrected chi connectivity index (χ4v) is 3.01. The number of aromatic nitrogens is 1. The van der Waals surface area contributed by atoms with E-state index < -0.39 is 0 Å². The van der Waals surface area contributed by atoms with Crippen LogP contribution in [0.15, 0.2) is 30.5 Å². The highest BCUT2D eigenvalue weighted by Crippen LogP contribution is 2.23. The summed E-state index contributed by atoms with van der Waals surface area (Å²) in [5.74, 6) is 0. The van der Waals surface area contributed by atoms with Crippen molar-refractivity contribution in [2.75, 3.05) is 38.2 Å². The first-order valence-corrected chi connectivity index (χ1v) is 8.05. The number of benzene rings is 1. The molecule has 1 aliphatic heterocycles. The Morgan fingerprint density at radius 2 is 2.09 bits per heavy atom. The topological polar surface area (TPSA) is 58.5 Å². The third-order valence-electron chi connectivity index (χ3n) is 4.19. The number of nitrogens with zero attached hydrogens (tertiary/aromatic N) is 2. The van der Waals surface area contributed by atoms with Crippen molar-refractivity contribution >= 4 is 22.6 Å². The van der Waals surface area contributed by atoms with Crippen molar-refractivity contribution in [3.8, 4) is 0 Å². The monoisotopic (exact) mass is 316 g/mol. The van der Waals surface area contributed by atoms with Crippen LogP contribution in [0, 0.1) is 0 Å². The average molecular weight is 316 g/mol. The van der Waals surface area contributed by atoms with E-state index in [1.54, 1.807) is 0 Å². The molecule has 2 aromatic rings. The van der Waals surface area contributed by atoms with Crippen LogP contribution in [0.4, 0.5) is 10.5 Å². The van der Waals surface area contributed by atoms with Gasteiger partial charge in [-0.15, -0.1) is 0 Å². The lowest BCUT2D eigenvalue weighted by Gasteiger charge is -2.29. The number of ether oxygens (including phenoxy) is 1. The second-order valence-electron chi connectivity index (χ2n) is 6.08. The van der Waals surface area contributed by atoms with Crippen LogP contribution in [0.5, 0.6) is 0 Å². The number of urea groups is 1. The Hall–Kier alpha value is -2.05. The van der Waals surface area contributed by atoms with E-state index in [0.29, 0.717) is 0 Å². The van der Waals surface area contributed by atoms with Crippen LogP contribution in [0.2, 0.25) is 0 Å². The van der Waals surface area contributed by atoms with Crippen molar-refractivity contribution in [3.05, 3.63) is 30.5 Å². The summed E-state index contributed by atoms with van der Waals surface area (Å²) in [6.07, 6.45) is 1.99. The molecule has 124 valence electrons. The van der Waals surface area contributed by atoms with Gasteiger partial charge in [0, 0.05) is 49.8 Å². The maximum atomic E-state index is 12.2. The minimum atomic E-state index is -0.165. The zero-order valence-electron chi connectivity index (χ0n) is 13.7. The summed E-state index contributed by atoms with van der Waals surface area (Å²) in [4.78, 5) is 14.6. The van der Waals surface area contributed by atoms with Gasteiger partial charge in [0.25, 0.3) is 0 Å². The first-order chi connectivity index (χ1) is 11.1. The number of carbonyl (C=O) groups is 1. The summed E-state index contributed by atoms with van der Waals surface area (Å²) in [5.41, 5.74) is 1.93. The number of anilines is 1. The van der Waals surface area contributed by atoms with Crippen molar-refractivity contribution in [3.63, 3.8) is 0 Å². The Bertz CT molecular complexity index is 676. The molecule has 1 aliphatic rings. The van der Waals surface area contributed by atoms with Crippen molar-refractivity contribution in [1.29, 1.82) is 0 Å². The molecule has 0 aliphatic carbocycles. The highest BCUT2D eigenvalue weighted by molar-refractivity contribution is 6.00. The van der Waals surface area contributed by atoms with Crippen LogP contribution in [0.3, 0.4) is 0 Å². The third kappa shape index (κ3) is 3.83. The van der Waals surface area contributed by atoms with E-state index in [-0.39, 0.29) is 12.1 Å². The number of nitrogens with one attached hydrogen (secondary N) is 2. The number of rotatable bonds is 4. The molecule has 1 unspecified atom stereocenters. The van der Waals surface area contributed by atoms with Gasteiger partial charge in [-0.05, 0) is 25.1 Å². The fraction of sp³-hybridized carbons (Fsp3) is 0.471. The highest BCUT2D eigenvalue weighted by Gasteiger charge is 2.15. The lowest BCUT2D eigenvalue weighted by molar-refractivity contribution is 0.0350. The molecule has 23 heavy (non-hydrogen) atoms. The predicted molar refractivity (Wildman–Crippen MR) is 91.8 cm³/mol. The maximum Gasteiger partial charge on any atom is 0.319 e. The molecule has 2 amide bonds. The third-order valence-corrected chi connectivity index (χ3v) is 4.19. The van der Waals surface area contributed by atoms with Gasteiger partial charge in [0.1, 0.15) is 0 Å². The molecule has 0 saturated carbocycles. The van der Waals surface area contributed by atoms with Gasteiger partial charge in [0.2, 0.25) is 0 Å². The molecule has 0 radical (unpaired) electrons. The lowest BCUT2D eigenvalue weighted by Crippen LogP contribution is -2.47. The second-order valence-corrected chi connectivity index (χ2v) is 6.08. The van der Waals surface area contributed by atoms with E-state index in [1.807, 2.05) is 49.0 Å². The predicted octanol–water partition coefficient (Wildman–Crippen LogP) is 2.02. The average Bonchev–Trinajstić information content (AvgIpc) is 2.91. The van der Waals surface area contributed by atoms with Crippen LogP contribution in [0.1, 0.15) is 6.92 Å². The Labute approximate surface area is 136 Å². The van der Waals surface area contributed by atoms with Crippen LogP contribution >= 0.6 is 0 Å². The van der Waals surface area contributed by atoms with E-state index in [2.05, 4.69) is 15.5 Å². The molecule has 0 bridgehead atoms. The van der Waals surface area contributed by atoms with Gasteiger partial charge in [-0.25, -0.2) is 4.79 Å². The normalized spacial score (nSPS) is 17.1. The van der Waals surface area contributed by atoms with E-state index in [1.165, 1.54) is 0 Å². The molecule has 1 fully saturated rings. The smallest absolute Gasteiger partial charge is 0.319 e. The molecular weight excluding hydrogens is 292 g/mol. The molecular formula is C17H24N4O2. The van der Waals surface area contributed by atoms with E-state index in [0.717, 1.165) is 49.4 Å². The zero-order chi connectivity index (χ0) is 16.2. The van der Waals surface area contributed by atoms with Crippen molar-refractivity contribution in [2.24, 2.45) is 7.05 Å². The number of carbonyl (C=O) groups excluding carboxylic acids is 1. The number of fused-ring (bicyclic) bond motifs is 1. The van der Waals surface area contributed by atoms with Crippen molar-refractivity contribution < 1.29 is 9.53 Å². The zero-order valence-corrected chi connectivity index (χ0v) is 13.7. The van der Waals surface area contributed by atoms with E-state index in [4.69, 9.17) is 4.74 Å². The molecule has 0 spiro atoms. The Kier molecular flexibility index (Phi) is 4.83. The van der Waals surface area contributed by atoms with Crippen LogP contribution in [-0.4, -0.2) is 54.4 Å². The molecule has 6 heteroatoms. The van der Waals surface area contributed by atoms with Crippen LogP contribution in [0.25, 0.3) is 10.9 Å². The number of morpholine rings is 1. The van der Waals surface area contributed by atoms with Crippen LogP contribution in [-0.2, 0) is 11.8 Å². The number of amides is 2. The van der Waals surface area contributed by atoms with Gasteiger partial charge in [0.15, 0.2) is 0 Å². The van der Waals surface area contributed by atoms with Gasteiger partial charge in [-0.2, -0.15) is 0 Å². The molecule has 2 N–H and O–H groups in total. The molecule has 1 aromatic heterocycles. The summed E-state index contributed by atoms with van der Waals surface area (Å²) < 4.78 is 7.38. The number of hydrogen-bond donors (Lipinski definition) is 2. The molecule has 2 heterocycles. The first-order valence-electron chi connectivity index (χ1n) is 8.05. The van der Waals surface area contributed by atoms with E-state index in [9.17, 15) is 4.79 Å². The number of aryl methyl sites for hydroxylation is 1. The molecule has 1 atom stereocenters. The fourth-order valence-electron chi connectivity index (χ4n) is 3.01. The van der Waals surface area contributed by atoms with Gasteiger partial charge in [0.05, 0.1) is 18.9 Å². The number of hydrogen-bond acceptors (Lipinski definition) is 3. The SMILES string of the molecule is CC(CN1CCOCC1)NC(=O)Nc1cccc2c1ccn2C. The van der Waals surface area contributed by atoms with E-state index >= 15 is 0 Å². The Morgan fingerprint density at radius 3 is 2.87 bits per heavy atom. The van der Waals surface area contributed by atoms with Gasteiger partial charge < -0.3 is 19.9 Å². The van der Waals surface area contributed by atoms with Crippen molar-refractivity contribution in [2.45, 2.75) is 13.0 Å². The first kappa shape index (κ1) is 15.8. The summed E-state index contributed by atoms with van der Waals surface area (Å²) in [6, 6.07) is 7.86. The van der Waals surface area contributed by atoms with Crippen molar-refractivity contribution in [1.82, 2.24) is 14.8 Å². The van der Waals surface area contributed by atoms with Crippen LogP contribution < -0.4 is 10.6 Å². The molecule has 1 saturated heterocycles. The quantitative estimate of drug-likeness (QED) is 0.907. The maximum absolute atomic E-state index is 12.2. The Morgan fingerprint density at radius 1 is 1.30 bits per heavy atom. The standard InChI is InChI=1S/C17H24N4O2/c1-13(12-21-8-10-23-11-9-21)18-17(22)19-15-4-3-5-16-14(15)6-7-20(16)2/h3-7,13H,8-12H2,1-2H3,(H2,18,19,22). The highest BCUT2D eigenvalue weighted by atomic mass is 16.5. The van der Waals surface area contributed by atoms with Gasteiger partial charge in [-0.3, -0.25) is 4.90 Å². The summed E-state index contributed by atoms with van der Waals surface area (Å²) in [6.45, 7) is 6.27. The molecule has 6 nitrogen and oxygen atoms in total. The largest absolute Gasteiger partial charge is 0.379 e. The minimum Gasteiger partial charge on any atom is -0.379 e. The lowest BCUT2D eigenvalue weighted by atomic mass is 10.2.